The van der Waals surface area contributed by atoms with E-state index in [0.717, 1.165) is 11.1 Å². The van der Waals surface area contributed by atoms with Gasteiger partial charge in [-0.15, -0.1) is 0 Å². The highest BCUT2D eigenvalue weighted by Crippen LogP contribution is 2.36. The maximum atomic E-state index is 12.9. The maximum absolute atomic E-state index is 12.9. The van der Waals surface area contributed by atoms with Crippen molar-refractivity contribution in [1.29, 1.82) is 0 Å². The van der Waals surface area contributed by atoms with Gasteiger partial charge in [0.15, 0.2) is 11.4 Å². The number of oxazole rings is 1. The Kier molecular flexibility index (Phi) is 4.75. The Morgan fingerprint density at radius 3 is 2.47 bits per heavy atom. The molecular weight excluding hydrogens is 406 g/mol. The first kappa shape index (κ1) is 20.0. The monoisotopic (exact) mass is 427 g/mol. The molecule has 1 aliphatic rings. The van der Waals surface area contributed by atoms with Crippen LogP contribution in [-0.4, -0.2) is 41.8 Å². The van der Waals surface area contributed by atoms with Crippen LogP contribution in [-0.2, 0) is 6.54 Å². The number of nitrogens with zero attached hydrogens (tertiary/aromatic N) is 2. The first-order valence-corrected chi connectivity index (χ1v) is 10.3. The predicted molar refractivity (Wildman–Crippen MR) is 122 cm³/mol. The number of hydrogen-bond donors (Lipinski definition) is 1. The maximum Gasteiger partial charge on any atom is 0.419 e. The van der Waals surface area contributed by atoms with Gasteiger partial charge < -0.3 is 14.6 Å². The number of anilines is 1. The molecule has 3 aromatic carbocycles. The molecule has 7 heteroatoms. The van der Waals surface area contributed by atoms with Crippen molar-refractivity contribution in [3.63, 3.8) is 0 Å². The van der Waals surface area contributed by atoms with E-state index in [-0.39, 0.29) is 11.7 Å². The van der Waals surface area contributed by atoms with Crippen molar-refractivity contribution in [2.75, 3.05) is 26.0 Å². The van der Waals surface area contributed by atoms with Gasteiger partial charge in [0.2, 0.25) is 0 Å². The molecule has 7 nitrogen and oxygen atoms in total. The highest BCUT2D eigenvalue weighted by Gasteiger charge is 2.27. The van der Waals surface area contributed by atoms with Gasteiger partial charge in [-0.1, -0.05) is 30.3 Å². The van der Waals surface area contributed by atoms with Crippen LogP contribution in [0.1, 0.15) is 26.3 Å². The van der Waals surface area contributed by atoms with Crippen molar-refractivity contribution in [3.05, 3.63) is 87.9 Å². The summed E-state index contributed by atoms with van der Waals surface area (Å²) in [6, 6.07) is 17.7. The smallest absolute Gasteiger partial charge is 0.408 e. The molecular formula is C25H21N3O4. The zero-order chi connectivity index (χ0) is 22.4. The van der Waals surface area contributed by atoms with Gasteiger partial charge in [-0.25, -0.2) is 4.79 Å². The first-order valence-electron chi connectivity index (χ1n) is 10.3. The number of rotatable bonds is 5. The Morgan fingerprint density at radius 1 is 0.938 bits per heavy atom. The number of ketones is 1. The van der Waals surface area contributed by atoms with E-state index < -0.39 is 5.76 Å². The highest BCUT2D eigenvalue weighted by molar-refractivity contribution is 6.22. The lowest BCUT2D eigenvalue weighted by molar-refractivity contribution is 0.102. The van der Waals surface area contributed by atoms with Crippen LogP contribution in [0.2, 0.25) is 0 Å². The zero-order valence-corrected chi connectivity index (χ0v) is 17.7. The summed E-state index contributed by atoms with van der Waals surface area (Å²) in [4.78, 5) is 39.8. The van der Waals surface area contributed by atoms with Gasteiger partial charge >= 0.3 is 5.76 Å². The van der Waals surface area contributed by atoms with Crippen LogP contribution in [0.25, 0.3) is 22.2 Å². The molecule has 0 fully saturated rings. The van der Waals surface area contributed by atoms with E-state index >= 15 is 0 Å². The van der Waals surface area contributed by atoms with Gasteiger partial charge in [-0.3, -0.25) is 14.2 Å². The molecule has 0 atom stereocenters. The number of amides is 1. The topological polar surface area (TPSA) is 84.6 Å². The molecule has 0 saturated carbocycles. The molecule has 1 aromatic heterocycles. The van der Waals surface area contributed by atoms with E-state index in [1.54, 1.807) is 41.0 Å². The first-order chi connectivity index (χ1) is 15.4. The summed E-state index contributed by atoms with van der Waals surface area (Å²) in [5, 5.41) is 2.86. The minimum absolute atomic E-state index is 0.0741. The zero-order valence-electron chi connectivity index (χ0n) is 17.7. The minimum Gasteiger partial charge on any atom is -0.408 e. The fraction of sp³-hybridized carbons (Fsp3) is 0.160. The molecule has 32 heavy (non-hydrogen) atoms. The summed E-state index contributed by atoms with van der Waals surface area (Å²) in [6.07, 6.45) is 0. The molecule has 0 saturated heterocycles. The number of aromatic nitrogens is 1. The van der Waals surface area contributed by atoms with E-state index in [2.05, 4.69) is 5.32 Å². The quantitative estimate of drug-likeness (QED) is 0.463. The van der Waals surface area contributed by atoms with Crippen molar-refractivity contribution in [3.8, 4) is 11.1 Å². The third kappa shape index (κ3) is 3.33. The summed E-state index contributed by atoms with van der Waals surface area (Å²) in [5.41, 5.74) is 4.93. The number of fused-ring (bicyclic) bond motifs is 4. The van der Waals surface area contributed by atoms with Gasteiger partial charge in [0, 0.05) is 35.5 Å². The second-order valence-corrected chi connectivity index (χ2v) is 8.09. The van der Waals surface area contributed by atoms with Crippen LogP contribution < -0.4 is 11.1 Å². The van der Waals surface area contributed by atoms with E-state index in [1.165, 1.54) is 0 Å². The van der Waals surface area contributed by atoms with Crippen molar-refractivity contribution in [1.82, 2.24) is 9.47 Å². The molecule has 0 spiro atoms. The largest absolute Gasteiger partial charge is 0.419 e. The lowest BCUT2D eigenvalue weighted by Crippen LogP contribution is -2.23. The summed E-state index contributed by atoms with van der Waals surface area (Å²) in [5.74, 6) is -0.835. The summed E-state index contributed by atoms with van der Waals surface area (Å²) in [7, 11) is 3.86. The standard InChI is InChI=1S/C25H21N3O4/c1-27(2)11-12-28-21-14-16(8-10-22(21)32-25(28)31)26-24(30)15-7-9-18-17-5-3-4-6-19(17)23(29)20(18)13-15/h3-10,13-14H,11-12H2,1-2H3,(H,26,30). The minimum atomic E-state index is -0.429. The fourth-order valence-corrected chi connectivity index (χ4v) is 4.02. The molecule has 0 aliphatic heterocycles. The van der Waals surface area contributed by atoms with E-state index in [1.807, 2.05) is 43.3 Å². The third-order valence-electron chi connectivity index (χ3n) is 5.68. The van der Waals surface area contributed by atoms with Crippen LogP contribution in [0.15, 0.2) is 69.9 Å². The number of carbonyl (C=O) groups is 2. The second-order valence-electron chi connectivity index (χ2n) is 8.09. The molecule has 1 aliphatic carbocycles. The number of benzene rings is 3. The van der Waals surface area contributed by atoms with Crippen molar-refractivity contribution in [2.45, 2.75) is 6.54 Å². The van der Waals surface area contributed by atoms with Gasteiger partial charge in [0.25, 0.3) is 5.91 Å². The Bertz CT molecular complexity index is 1450. The average Bonchev–Trinajstić information content (AvgIpc) is 3.25. The molecule has 5 rings (SSSR count). The molecule has 1 heterocycles. The molecule has 0 unspecified atom stereocenters. The van der Waals surface area contributed by atoms with E-state index in [4.69, 9.17) is 4.42 Å². The van der Waals surface area contributed by atoms with Crippen molar-refractivity contribution >= 4 is 28.5 Å². The number of hydrogen-bond acceptors (Lipinski definition) is 5. The number of likely N-dealkylation sites (N-methyl/N-ethyl adjacent to an activating group) is 1. The molecule has 1 N–H and O–H groups in total. The number of carbonyl (C=O) groups excluding carboxylic acids is 2. The lowest BCUT2D eigenvalue weighted by atomic mass is 10.0. The molecule has 160 valence electrons. The van der Waals surface area contributed by atoms with Crippen LogP contribution in [0, 0.1) is 0 Å². The van der Waals surface area contributed by atoms with Crippen LogP contribution in [0.4, 0.5) is 5.69 Å². The highest BCUT2D eigenvalue weighted by atomic mass is 16.4. The van der Waals surface area contributed by atoms with Crippen LogP contribution >= 0.6 is 0 Å². The summed E-state index contributed by atoms with van der Waals surface area (Å²) < 4.78 is 6.86. The summed E-state index contributed by atoms with van der Waals surface area (Å²) in [6.45, 7) is 1.15. The van der Waals surface area contributed by atoms with Crippen molar-refractivity contribution < 1.29 is 14.0 Å². The molecule has 4 aromatic rings. The van der Waals surface area contributed by atoms with Crippen molar-refractivity contribution in [2.24, 2.45) is 0 Å². The van der Waals surface area contributed by atoms with Gasteiger partial charge in [0.05, 0.1) is 5.52 Å². The Hall–Kier alpha value is -3.97. The Balaban J connectivity index is 1.43. The Labute approximate surface area is 183 Å². The molecule has 0 radical (unpaired) electrons. The number of nitrogens with one attached hydrogen (secondary N) is 1. The fourth-order valence-electron chi connectivity index (χ4n) is 4.02. The Morgan fingerprint density at radius 2 is 1.69 bits per heavy atom. The van der Waals surface area contributed by atoms with Gasteiger partial charge in [-0.05, 0) is 55.6 Å². The van der Waals surface area contributed by atoms with Gasteiger partial charge in [-0.2, -0.15) is 0 Å². The average molecular weight is 427 g/mol. The third-order valence-corrected chi connectivity index (χ3v) is 5.68. The SMILES string of the molecule is CN(C)CCn1c(=O)oc2ccc(NC(=O)c3ccc4c(c3)C(=O)c3ccccc3-4)cc21. The molecule has 0 bridgehead atoms. The van der Waals surface area contributed by atoms with E-state index in [0.29, 0.717) is 46.6 Å². The predicted octanol–water partition coefficient (Wildman–Crippen LogP) is 3.62. The summed E-state index contributed by atoms with van der Waals surface area (Å²) >= 11 is 0. The second kappa shape index (κ2) is 7.62. The van der Waals surface area contributed by atoms with Crippen LogP contribution in [0.3, 0.4) is 0 Å². The lowest BCUT2D eigenvalue weighted by Gasteiger charge is -2.10. The van der Waals surface area contributed by atoms with Crippen LogP contribution in [0.5, 0.6) is 0 Å². The van der Waals surface area contributed by atoms with E-state index in [9.17, 15) is 14.4 Å². The normalized spacial score (nSPS) is 12.3. The molecule has 1 amide bonds. The van der Waals surface area contributed by atoms with Gasteiger partial charge in [0.1, 0.15) is 0 Å².